The molecule has 21 heavy (non-hydrogen) atoms. The first-order valence-electron chi connectivity index (χ1n) is 6.55. The highest BCUT2D eigenvalue weighted by Crippen LogP contribution is 2.41. The highest BCUT2D eigenvalue weighted by molar-refractivity contribution is 5.78. The van der Waals surface area contributed by atoms with Gasteiger partial charge in [0, 0.05) is 5.56 Å². The molecule has 0 radical (unpaired) electrons. The van der Waals surface area contributed by atoms with E-state index in [1.807, 2.05) is 32.0 Å². The molecule has 4 heteroatoms. The highest BCUT2D eigenvalue weighted by atomic mass is 16.5. The summed E-state index contributed by atoms with van der Waals surface area (Å²) in [5, 5.41) is 0. The Balaban J connectivity index is 2.49. The Labute approximate surface area is 124 Å². The first-order chi connectivity index (χ1) is 10.1. The van der Waals surface area contributed by atoms with E-state index in [1.165, 1.54) is 14.2 Å². The molecule has 0 bridgehead atoms. The lowest BCUT2D eigenvalue weighted by Gasteiger charge is -2.15. The molecule has 0 amide bonds. The molecule has 0 saturated heterocycles. The quantitative estimate of drug-likeness (QED) is 0.781. The van der Waals surface area contributed by atoms with Crippen molar-refractivity contribution in [1.82, 2.24) is 0 Å². The van der Waals surface area contributed by atoms with Crippen LogP contribution in [0.25, 0.3) is 0 Å². The van der Waals surface area contributed by atoms with Crippen LogP contribution in [-0.4, -0.2) is 20.5 Å². The molecule has 0 unspecified atom stereocenters. The predicted octanol–water partition coefficient (Wildman–Crippen LogP) is 3.93. The second-order valence-electron chi connectivity index (χ2n) is 4.74. The number of aryl methyl sites for hydroxylation is 2. The first kappa shape index (κ1) is 14.9. The predicted molar refractivity (Wildman–Crippen MR) is 80.9 cm³/mol. The van der Waals surface area contributed by atoms with Gasteiger partial charge in [-0.2, -0.15) is 0 Å². The summed E-state index contributed by atoms with van der Waals surface area (Å²) in [6.45, 7) is 3.99. The van der Waals surface area contributed by atoms with E-state index < -0.39 is 0 Å². The van der Waals surface area contributed by atoms with Crippen LogP contribution in [0.3, 0.4) is 0 Å². The van der Waals surface area contributed by atoms with E-state index in [4.69, 9.17) is 14.2 Å². The number of hydrogen-bond donors (Lipinski definition) is 0. The third-order valence-corrected chi connectivity index (χ3v) is 3.15. The molecule has 110 valence electrons. The SMILES string of the molecule is COc1cc(C=O)cc(Oc2ccc(C)cc2C)c1OC. The van der Waals surface area contributed by atoms with Gasteiger partial charge < -0.3 is 14.2 Å². The van der Waals surface area contributed by atoms with Crippen LogP contribution in [0, 0.1) is 13.8 Å². The number of hydrogen-bond acceptors (Lipinski definition) is 4. The highest BCUT2D eigenvalue weighted by Gasteiger charge is 2.15. The minimum absolute atomic E-state index is 0.450. The van der Waals surface area contributed by atoms with Crippen LogP contribution < -0.4 is 14.2 Å². The van der Waals surface area contributed by atoms with E-state index in [0.29, 0.717) is 28.6 Å². The van der Waals surface area contributed by atoms with E-state index in [0.717, 1.165) is 17.4 Å². The average Bonchev–Trinajstić information content (AvgIpc) is 2.49. The monoisotopic (exact) mass is 286 g/mol. The fourth-order valence-electron chi connectivity index (χ4n) is 2.13. The zero-order chi connectivity index (χ0) is 15.4. The van der Waals surface area contributed by atoms with Crippen molar-refractivity contribution >= 4 is 6.29 Å². The van der Waals surface area contributed by atoms with E-state index in [1.54, 1.807) is 12.1 Å². The van der Waals surface area contributed by atoms with Gasteiger partial charge in [-0.3, -0.25) is 4.79 Å². The third-order valence-electron chi connectivity index (χ3n) is 3.15. The fourth-order valence-corrected chi connectivity index (χ4v) is 2.13. The van der Waals surface area contributed by atoms with Gasteiger partial charge in [0.2, 0.25) is 5.75 Å². The molecule has 2 aromatic carbocycles. The van der Waals surface area contributed by atoms with Gasteiger partial charge in [0.05, 0.1) is 14.2 Å². The maximum Gasteiger partial charge on any atom is 0.203 e. The summed E-state index contributed by atoms with van der Waals surface area (Å²) in [7, 11) is 3.06. The Morgan fingerprint density at radius 1 is 0.905 bits per heavy atom. The first-order valence-corrected chi connectivity index (χ1v) is 6.55. The van der Waals surface area contributed by atoms with Gasteiger partial charge in [-0.15, -0.1) is 0 Å². The van der Waals surface area contributed by atoms with E-state index in [2.05, 4.69) is 0 Å². The van der Waals surface area contributed by atoms with Gasteiger partial charge >= 0.3 is 0 Å². The molecule has 2 rings (SSSR count). The number of aldehydes is 1. The molecule has 2 aromatic rings. The van der Waals surface area contributed by atoms with E-state index >= 15 is 0 Å². The second kappa shape index (κ2) is 6.31. The van der Waals surface area contributed by atoms with Gasteiger partial charge in [-0.05, 0) is 37.6 Å². The maximum atomic E-state index is 11.0. The number of benzene rings is 2. The summed E-state index contributed by atoms with van der Waals surface area (Å²) in [6, 6.07) is 9.14. The fraction of sp³-hybridized carbons (Fsp3) is 0.235. The molecule has 0 N–H and O–H groups in total. The molecule has 0 fully saturated rings. The molecule has 0 aliphatic rings. The van der Waals surface area contributed by atoms with Crippen LogP contribution in [0.5, 0.6) is 23.0 Å². The summed E-state index contributed by atoms with van der Waals surface area (Å²) < 4.78 is 16.5. The molecule has 0 aliphatic carbocycles. The Hall–Kier alpha value is -2.49. The topological polar surface area (TPSA) is 44.8 Å². The van der Waals surface area contributed by atoms with Crippen molar-refractivity contribution in [1.29, 1.82) is 0 Å². The van der Waals surface area contributed by atoms with Crippen LogP contribution >= 0.6 is 0 Å². The van der Waals surface area contributed by atoms with Crippen LogP contribution in [0.2, 0.25) is 0 Å². The lowest BCUT2D eigenvalue weighted by atomic mass is 10.1. The van der Waals surface area contributed by atoms with Gasteiger partial charge in [-0.1, -0.05) is 17.7 Å². The standard InChI is InChI=1S/C17H18O4/c1-11-5-6-14(12(2)7-11)21-16-9-13(10-18)8-15(19-3)17(16)20-4/h5-10H,1-4H3. The van der Waals surface area contributed by atoms with Crippen molar-refractivity contribution in [3.05, 3.63) is 47.0 Å². The maximum absolute atomic E-state index is 11.0. The van der Waals surface area contributed by atoms with Crippen LogP contribution in [-0.2, 0) is 0 Å². The Kier molecular flexibility index (Phi) is 4.48. The van der Waals surface area contributed by atoms with E-state index in [-0.39, 0.29) is 0 Å². The number of carbonyl (C=O) groups excluding carboxylic acids is 1. The van der Waals surface area contributed by atoms with Crippen molar-refractivity contribution < 1.29 is 19.0 Å². The average molecular weight is 286 g/mol. The van der Waals surface area contributed by atoms with Gasteiger partial charge in [0.25, 0.3) is 0 Å². The van der Waals surface area contributed by atoms with Gasteiger partial charge in [0.15, 0.2) is 11.5 Å². The summed E-state index contributed by atoms with van der Waals surface area (Å²) in [6.07, 6.45) is 0.747. The Bertz CT molecular complexity index is 662. The summed E-state index contributed by atoms with van der Waals surface area (Å²) in [4.78, 5) is 11.0. The van der Waals surface area contributed by atoms with Gasteiger partial charge in [-0.25, -0.2) is 0 Å². The van der Waals surface area contributed by atoms with Crippen molar-refractivity contribution in [2.45, 2.75) is 13.8 Å². The molecule has 0 heterocycles. The van der Waals surface area contributed by atoms with E-state index in [9.17, 15) is 4.79 Å². The van der Waals surface area contributed by atoms with Crippen molar-refractivity contribution in [2.24, 2.45) is 0 Å². The molecule has 0 aromatic heterocycles. The van der Waals surface area contributed by atoms with Crippen LogP contribution in [0.1, 0.15) is 21.5 Å². The Morgan fingerprint density at radius 3 is 2.19 bits per heavy atom. The number of rotatable bonds is 5. The molecular formula is C17H18O4. The number of carbonyl (C=O) groups is 1. The normalized spacial score (nSPS) is 10.1. The lowest BCUT2D eigenvalue weighted by molar-refractivity contribution is 0.112. The van der Waals surface area contributed by atoms with Crippen LogP contribution in [0.4, 0.5) is 0 Å². The number of ether oxygens (including phenoxy) is 3. The van der Waals surface area contributed by atoms with Crippen molar-refractivity contribution in [2.75, 3.05) is 14.2 Å². The molecular weight excluding hydrogens is 268 g/mol. The zero-order valence-electron chi connectivity index (χ0n) is 12.6. The molecule has 0 atom stereocenters. The van der Waals surface area contributed by atoms with Crippen molar-refractivity contribution in [3.8, 4) is 23.0 Å². The minimum Gasteiger partial charge on any atom is -0.493 e. The summed E-state index contributed by atoms with van der Waals surface area (Å²) in [5.74, 6) is 2.08. The number of methoxy groups -OCH3 is 2. The second-order valence-corrected chi connectivity index (χ2v) is 4.74. The summed E-state index contributed by atoms with van der Waals surface area (Å²) >= 11 is 0. The third kappa shape index (κ3) is 3.16. The van der Waals surface area contributed by atoms with Crippen molar-refractivity contribution in [3.63, 3.8) is 0 Å². The molecule has 0 aliphatic heterocycles. The lowest BCUT2D eigenvalue weighted by Crippen LogP contribution is -1.97. The molecule has 0 saturated carbocycles. The van der Waals surface area contributed by atoms with Crippen LogP contribution in [0.15, 0.2) is 30.3 Å². The minimum atomic E-state index is 0.450. The summed E-state index contributed by atoms with van der Waals surface area (Å²) in [5.41, 5.74) is 2.63. The smallest absolute Gasteiger partial charge is 0.203 e. The largest absolute Gasteiger partial charge is 0.493 e. The van der Waals surface area contributed by atoms with Gasteiger partial charge in [0.1, 0.15) is 12.0 Å². The zero-order valence-corrected chi connectivity index (χ0v) is 12.6. The Morgan fingerprint density at radius 2 is 1.62 bits per heavy atom. The molecule has 0 spiro atoms. The molecule has 4 nitrogen and oxygen atoms in total.